The van der Waals surface area contributed by atoms with Crippen LogP contribution in [0.4, 0.5) is 0 Å². The zero-order chi connectivity index (χ0) is 10.6. The summed E-state index contributed by atoms with van der Waals surface area (Å²) >= 11 is 0. The van der Waals surface area contributed by atoms with Crippen molar-refractivity contribution in [3.05, 3.63) is 0 Å². The van der Waals surface area contributed by atoms with E-state index in [9.17, 15) is 9.59 Å². The zero-order valence-corrected chi connectivity index (χ0v) is 8.24. The van der Waals surface area contributed by atoms with Crippen molar-refractivity contribution in [2.45, 2.75) is 31.7 Å². The molecule has 0 spiro atoms. The lowest BCUT2D eigenvalue weighted by molar-refractivity contribution is -0.140. The van der Waals surface area contributed by atoms with Gasteiger partial charge in [-0.3, -0.25) is 9.59 Å². The number of likely N-dealkylation sites (tertiary alicyclic amines) is 1. The number of amides is 2. The number of piperidine rings is 1. The van der Waals surface area contributed by atoms with Crippen LogP contribution in [0.1, 0.15) is 25.7 Å². The van der Waals surface area contributed by atoms with Gasteiger partial charge in [-0.1, -0.05) is 0 Å². The lowest BCUT2D eigenvalue weighted by Crippen LogP contribution is -2.50. The second-order valence-corrected chi connectivity index (χ2v) is 3.54. The highest BCUT2D eigenvalue weighted by molar-refractivity contribution is 5.86. The first kappa shape index (κ1) is 11.0. The largest absolute Gasteiger partial charge is 0.368 e. The molecule has 0 bridgehead atoms. The Bertz CT molecular complexity index is 230. The Morgan fingerprint density at radius 2 is 2.07 bits per heavy atom. The zero-order valence-electron chi connectivity index (χ0n) is 8.24. The van der Waals surface area contributed by atoms with Crippen LogP contribution in [-0.4, -0.2) is 35.8 Å². The molecule has 1 aliphatic rings. The van der Waals surface area contributed by atoms with E-state index in [4.69, 9.17) is 11.5 Å². The van der Waals surface area contributed by atoms with Crippen molar-refractivity contribution >= 4 is 11.8 Å². The quantitative estimate of drug-likeness (QED) is 0.623. The minimum Gasteiger partial charge on any atom is -0.368 e. The summed E-state index contributed by atoms with van der Waals surface area (Å²) in [5.41, 5.74) is 10.5. The molecule has 14 heavy (non-hydrogen) atoms. The molecule has 1 heterocycles. The van der Waals surface area contributed by atoms with Crippen molar-refractivity contribution in [1.82, 2.24) is 4.90 Å². The van der Waals surface area contributed by atoms with E-state index < -0.39 is 11.9 Å². The van der Waals surface area contributed by atoms with Crippen LogP contribution < -0.4 is 11.5 Å². The van der Waals surface area contributed by atoms with Crippen LogP contribution in [0.2, 0.25) is 0 Å². The molecule has 4 N–H and O–H groups in total. The maximum Gasteiger partial charge on any atom is 0.240 e. The Hall–Kier alpha value is -1.10. The van der Waals surface area contributed by atoms with Gasteiger partial charge >= 0.3 is 0 Å². The van der Waals surface area contributed by atoms with Gasteiger partial charge in [0.15, 0.2) is 0 Å². The summed E-state index contributed by atoms with van der Waals surface area (Å²) in [7, 11) is 0. The van der Waals surface area contributed by atoms with Gasteiger partial charge in [0, 0.05) is 19.5 Å². The molecule has 0 radical (unpaired) electrons. The number of nitrogens with two attached hydrogens (primary N) is 2. The average Bonchev–Trinajstić information content (AvgIpc) is 2.18. The Morgan fingerprint density at radius 3 is 2.64 bits per heavy atom. The van der Waals surface area contributed by atoms with Crippen LogP contribution >= 0.6 is 0 Å². The first-order valence-electron chi connectivity index (χ1n) is 4.95. The van der Waals surface area contributed by atoms with E-state index in [0.717, 1.165) is 12.8 Å². The molecular weight excluding hydrogens is 182 g/mol. The number of hydrogen-bond acceptors (Lipinski definition) is 3. The predicted molar refractivity (Wildman–Crippen MR) is 52.2 cm³/mol. The summed E-state index contributed by atoms with van der Waals surface area (Å²) in [5, 5.41) is 0. The van der Waals surface area contributed by atoms with Crippen LogP contribution in [0.3, 0.4) is 0 Å². The lowest BCUT2D eigenvalue weighted by Gasteiger charge is -2.33. The van der Waals surface area contributed by atoms with E-state index in [-0.39, 0.29) is 5.91 Å². The Morgan fingerprint density at radius 1 is 1.36 bits per heavy atom. The van der Waals surface area contributed by atoms with Crippen LogP contribution in [0.15, 0.2) is 0 Å². The summed E-state index contributed by atoms with van der Waals surface area (Å²) in [5.74, 6) is -0.467. The fourth-order valence-corrected chi connectivity index (χ4v) is 1.79. The molecule has 2 amide bonds. The van der Waals surface area contributed by atoms with Crippen molar-refractivity contribution in [2.75, 3.05) is 13.1 Å². The fraction of sp³-hybridized carbons (Fsp3) is 0.778. The van der Waals surface area contributed by atoms with Gasteiger partial charge in [0.1, 0.15) is 6.04 Å². The van der Waals surface area contributed by atoms with Crippen molar-refractivity contribution in [2.24, 2.45) is 11.5 Å². The molecule has 5 heteroatoms. The Labute approximate surface area is 83.4 Å². The molecule has 1 atom stereocenters. The van der Waals surface area contributed by atoms with E-state index in [1.54, 1.807) is 4.90 Å². The summed E-state index contributed by atoms with van der Waals surface area (Å²) in [4.78, 5) is 24.2. The topological polar surface area (TPSA) is 89.4 Å². The molecule has 1 aliphatic heterocycles. The molecule has 0 aromatic heterocycles. The third-order valence-corrected chi connectivity index (χ3v) is 2.51. The average molecular weight is 199 g/mol. The summed E-state index contributed by atoms with van der Waals surface area (Å²) < 4.78 is 0. The van der Waals surface area contributed by atoms with E-state index in [1.807, 2.05) is 0 Å². The molecule has 0 aromatic carbocycles. The van der Waals surface area contributed by atoms with Gasteiger partial charge in [0.25, 0.3) is 0 Å². The summed E-state index contributed by atoms with van der Waals surface area (Å²) in [6.07, 6.45) is 2.88. The minimum atomic E-state index is -0.414. The first-order chi connectivity index (χ1) is 6.66. The number of nitrogens with zero attached hydrogens (tertiary/aromatic N) is 1. The predicted octanol–water partition coefficient (Wildman–Crippen LogP) is -0.798. The van der Waals surface area contributed by atoms with Crippen molar-refractivity contribution in [3.63, 3.8) is 0 Å². The fourth-order valence-electron chi connectivity index (χ4n) is 1.79. The first-order valence-corrected chi connectivity index (χ1v) is 4.95. The van der Waals surface area contributed by atoms with Gasteiger partial charge in [-0.25, -0.2) is 0 Å². The van der Waals surface area contributed by atoms with Gasteiger partial charge in [0.2, 0.25) is 11.8 Å². The highest BCUT2D eigenvalue weighted by Gasteiger charge is 2.29. The van der Waals surface area contributed by atoms with E-state index in [0.29, 0.717) is 25.9 Å². The van der Waals surface area contributed by atoms with E-state index in [1.165, 1.54) is 0 Å². The van der Waals surface area contributed by atoms with Gasteiger partial charge in [0.05, 0.1) is 0 Å². The third kappa shape index (κ3) is 2.45. The van der Waals surface area contributed by atoms with Gasteiger partial charge in [-0.15, -0.1) is 0 Å². The number of carbonyl (C=O) groups is 2. The molecule has 1 rings (SSSR count). The van der Waals surface area contributed by atoms with Crippen molar-refractivity contribution < 1.29 is 9.59 Å². The highest BCUT2D eigenvalue weighted by atomic mass is 16.2. The molecule has 5 nitrogen and oxygen atoms in total. The Kier molecular flexibility index (Phi) is 3.88. The molecule has 1 saturated heterocycles. The van der Waals surface area contributed by atoms with Crippen LogP contribution in [0, 0.1) is 0 Å². The summed E-state index contributed by atoms with van der Waals surface area (Å²) in [6, 6.07) is -0.414. The molecule has 0 aliphatic carbocycles. The maximum absolute atomic E-state index is 11.6. The second kappa shape index (κ2) is 4.95. The normalized spacial score (nSPS) is 22.1. The van der Waals surface area contributed by atoms with Crippen LogP contribution in [-0.2, 0) is 9.59 Å². The number of rotatable bonds is 3. The molecule has 80 valence electrons. The standard InChI is InChI=1S/C9H17N3O2/c10-5-4-8(13)12-6-2-1-3-7(12)9(11)14/h7H,1-6,10H2,(H2,11,14). The van der Waals surface area contributed by atoms with Crippen LogP contribution in [0.25, 0.3) is 0 Å². The van der Waals surface area contributed by atoms with Gasteiger partial charge in [-0.2, -0.15) is 0 Å². The van der Waals surface area contributed by atoms with E-state index in [2.05, 4.69) is 0 Å². The van der Waals surface area contributed by atoms with Crippen LogP contribution in [0.5, 0.6) is 0 Å². The molecule has 1 unspecified atom stereocenters. The number of hydrogen-bond donors (Lipinski definition) is 2. The summed E-state index contributed by atoms with van der Waals surface area (Å²) in [6.45, 7) is 0.952. The molecule has 0 saturated carbocycles. The second-order valence-electron chi connectivity index (χ2n) is 3.54. The maximum atomic E-state index is 11.6. The molecular formula is C9H17N3O2. The smallest absolute Gasteiger partial charge is 0.240 e. The van der Waals surface area contributed by atoms with Crippen molar-refractivity contribution in [3.8, 4) is 0 Å². The minimum absolute atomic E-state index is 0.0593. The SMILES string of the molecule is NCCC(=O)N1CCCCC1C(N)=O. The lowest BCUT2D eigenvalue weighted by atomic mass is 10.0. The molecule has 1 fully saturated rings. The Balaban J connectivity index is 2.62. The van der Waals surface area contributed by atoms with Crippen molar-refractivity contribution in [1.29, 1.82) is 0 Å². The number of carbonyl (C=O) groups excluding carboxylic acids is 2. The molecule has 0 aromatic rings. The third-order valence-electron chi connectivity index (χ3n) is 2.51. The monoisotopic (exact) mass is 199 g/mol. The highest BCUT2D eigenvalue weighted by Crippen LogP contribution is 2.17. The van der Waals surface area contributed by atoms with Gasteiger partial charge < -0.3 is 16.4 Å². The van der Waals surface area contributed by atoms with Gasteiger partial charge in [-0.05, 0) is 19.3 Å². The number of primary amides is 1. The van der Waals surface area contributed by atoms with E-state index >= 15 is 0 Å².